The minimum atomic E-state index is -4.62. The van der Waals surface area contributed by atoms with Gasteiger partial charge in [0.15, 0.2) is 0 Å². The van der Waals surface area contributed by atoms with E-state index < -0.39 is 45.1 Å². The van der Waals surface area contributed by atoms with E-state index in [-0.39, 0.29) is 13.0 Å². The molecule has 64 heavy (non-hydrogen) atoms. The van der Waals surface area contributed by atoms with E-state index in [1.165, 1.54) is 231 Å². The van der Waals surface area contributed by atoms with Crippen LogP contribution >= 0.6 is 7.82 Å². The van der Waals surface area contributed by atoms with Crippen molar-refractivity contribution in [3.8, 4) is 0 Å². The lowest BCUT2D eigenvalue weighted by Gasteiger charge is -2.20. The van der Waals surface area contributed by atoms with Crippen LogP contribution in [-0.4, -0.2) is 60.5 Å². The van der Waals surface area contributed by atoms with Gasteiger partial charge in [-0.15, -0.1) is 0 Å². The lowest BCUT2D eigenvalue weighted by atomic mass is 10.0. The number of unbranched alkanes of at least 4 members (excludes halogenated alkanes) is 40. The summed E-state index contributed by atoms with van der Waals surface area (Å²) in [6.45, 7) is 3.97. The number of esters is 1. The number of hydrogen-bond donors (Lipinski definition) is 3. The summed E-state index contributed by atoms with van der Waals surface area (Å²) < 4.78 is 33.6. The van der Waals surface area contributed by atoms with Crippen molar-refractivity contribution in [2.45, 2.75) is 302 Å². The molecule has 3 atom stereocenters. The molecule has 0 aromatic rings. The van der Waals surface area contributed by atoms with Gasteiger partial charge in [-0.1, -0.05) is 271 Å². The highest BCUT2D eigenvalue weighted by molar-refractivity contribution is 7.47. The first-order chi connectivity index (χ1) is 31.2. The third-order valence-electron chi connectivity index (χ3n) is 12.6. The Hall–Kier alpha value is -1.03. The molecule has 382 valence electrons. The van der Waals surface area contributed by atoms with Gasteiger partial charge in [0.1, 0.15) is 12.1 Å². The average molecular weight is 932 g/mol. The van der Waals surface area contributed by atoms with Crippen molar-refractivity contribution in [1.82, 2.24) is 0 Å². The summed E-state index contributed by atoms with van der Waals surface area (Å²) in [6.07, 6.45) is 54.5. The van der Waals surface area contributed by atoms with Gasteiger partial charge in [-0.3, -0.25) is 18.6 Å². The van der Waals surface area contributed by atoms with Crippen molar-refractivity contribution in [1.29, 1.82) is 0 Å². The van der Waals surface area contributed by atoms with Crippen molar-refractivity contribution < 1.29 is 42.7 Å². The first-order valence-electron chi connectivity index (χ1n) is 27.6. The summed E-state index contributed by atoms with van der Waals surface area (Å²) >= 11 is 0. The largest absolute Gasteiger partial charge is 0.480 e. The Morgan fingerprint density at radius 3 is 1.03 bits per heavy atom. The van der Waals surface area contributed by atoms with Gasteiger partial charge in [0.25, 0.3) is 0 Å². The van der Waals surface area contributed by atoms with Crippen molar-refractivity contribution in [2.24, 2.45) is 5.73 Å². The number of carboxylic acids is 1. The lowest BCUT2D eigenvalue weighted by molar-refractivity contribution is -0.154. The van der Waals surface area contributed by atoms with Crippen LogP contribution in [0.15, 0.2) is 0 Å². The summed E-state index contributed by atoms with van der Waals surface area (Å²) in [7, 11) is -4.62. The number of carboxylic acid groups (broad SMARTS) is 1. The van der Waals surface area contributed by atoms with Gasteiger partial charge in [0, 0.05) is 13.0 Å². The van der Waals surface area contributed by atoms with E-state index in [1.807, 2.05) is 0 Å². The molecule has 0 amide bonds. The highest BCUT2D eigenvalue weighted by Crippen LogP contribution is 2.43. The zero-order chi connectivity index (χ0) is 46.9. The van der Waals surface area contributed by atoms with Crippen LogP contribution in [0.25, 0.3) is 0 Å². The second-order valence-electron chi connectivity index (χ2n) is 19.1. The first-order valence-corrected chi connectivity index (χ1v) is 29.1. The van der Waals surface area contributed by atoms with Crippen molar-refractivity contribution in [3.63, 3.8) is 0 Å². The summed E-state index contributed by atoms with van der Waals surface area (Å²) in [5, 5.41) is 8.94. The first kappa shape index (κ1) is 63.0. The second kappa shape index (κ2) is 49.9. The monoisotopic (exact) mass is 932 g/mol. The minimum Gasteiger partial charge on any atom is -0.480 e. The van der Waals surface area contributed by atoms with Gasteiger partial charge in [-0.25, -0.2) is 4.57 Å². The van der Waals surface area contributed by atoms with Crippen LogP contribution in [-0.2, 0) is 32.7 Å². The smallest absolute Gasteiger partial charge is 0.472 e. The number of phosphoric ester groups is 1. The van der Waals surface area contributed by atoms with Gasteiger partial charge in [-0.05, 0) is 12.8 Å². The maximum atomic E-state index is 12.7. The molecule has 4 N–H and O–H groups in total. The van der Waals surface area contributed by atoms with Gasteiger partial charge < -0.3 is 25.2 Å². The molecule has 11 heteroatoms. The molecule has 3 unspecified atom stereocenters. The molecular weight excluding hydrogens is 826 g/mol. The molecule has 0 aliphatic carbocycles. The number of aliphatic carboxylic acids is 1. The summed E-state index contributed by atoms with van der Waals surface area (Å²) in [6, 6.07) is -1.47. The molecular formula is C53H106NO9P. The predicted molar refractivity (Wildman–Crippen MR) is 268 cm³/mol. The Labute approximate surface area is 395 Å². The van der Waals surface area contributed by atoms with Crippen LogP contribution in [0.2, 0.25) is 0 Å². The molecule has 0 aliphatic rings. The number of rotatable bonds is 54. The number of phosphoric acid groups is 1. The number of carbonyl (C=O) groups is 2. The highest BCUT2D eigenvalue weighted by atomic mass is 31.2. The molecule has 0 fully saturated rings. The molecule has 0 saturated heterocycles. The van der Waals surface area contributed by atoms with Crippen molar-refractivity contribution in [2.75, 3.05) is 26.4 Å². The zero-order valence-corrected chi connectivity index (χ0v) is 43.1. The average Bonchev–Trinajstić information content (AvgIpc) is 3.28. The Kier molecular flexibility index (Phi) is 49.1. The molecule has 10 nitrogen and oxygen atoms in total. The van der Waals surface area contributed by atoms with Crippen LogP contribution in [0.5, 0.6) is 0 Å². The highest BCUT2D eigenvalue weighted by Gasteiger charge is 2.27. The zero-order valence-electron chi connectivity index (χ0n) is 42.2. The normalized spacial score (nSPS) is 13.6. The topological polar surface area (TPSA) is 155 Å². The molecule has 0 aromatic heterocycles. The van der Waals surface area contributed by atoms with Gasteiger partial charge in [0.05, 0.1) is 19.8 Å². The molecule has 0 aliphatic heterocycles. The lowest BCUT2D eigenvalue weighted by Crippen LogP contribution is -2.34. The Morgan fingerprint density at radius 1 is 0.438 bits per heavy atom. The fraction of sp³-hybridized carbons (Fsp3) is 0.962. The maximum Gasteiger partial charge on any atom is 0.472 e. The SMILES string of the molecule is CCCCCCCCCCCCCCCCCCCCCCCCOCC(COP(=O)(O)OCC(N)C(=O)O)OC(=O)CCCCCCCCCCCCCCCCCCCCCC. The predicted octanol–water partition coefficient (Wildman–Crippen LogP) is 16.3. The number of hydrogen-bond acceptors (Lipinski definition) is 8. The maximum absolute atomic E-state index is 12.7. The molecule has 0 bridgehead atoms. The van der Waals surface area contributed by atoms with E-state index in [1.54, 1.807) is 0 Å². The van der Waals surface area contributed by atoms with E-state index in [0.29, 0.717) is 6.61 Å². The summed E-state index contributed by atoms with van der Waals surface area (Å²) in [4.78, 5) is 33.7. The van der Waals surface area contributed by atoms with E-state index in [4.69, 9.17) is 29.4 Å². The van der Waals surface area contributed by atoms with Crippen molar-refractivity contribution in [3.05, 3.63) is 0 Å². The van der Waals surface area contributed by atoms with E-state index >= 15 is 0 Å². The van der Waals surface area contributed by atoms with E-state index in [9.17, 15) is 19.0 Å². The molecule has 0 saturated carbocycles. The fourth-order valence-electron chi connectivity index (χ4n) is 8.37. The molecule has 0 aromatic carbocycles. The standard InChI is InChI=1S/C53H106NO9P/c1-3-5-7-9-11-13-15-17-19-21-23-25-26-28-30-32-34-36-38-40-42-44-46-60-47-50(48-61-64(58,59)62-49-51(54)53(56)57)63-52(55)45-43-41-39-37-35-33-31-29-27-24-22-20-18-16-14-12-10-8-6-4-2/h50-51H,3-49,54H2,1-2H3,(H,56,57)(H,58,59). The summed E-state index contributed by atoms with van der Waals surface area (Å²) in [5.74, 6) is -1.76. The van der Waals surface area contributed by atoms with Crippen LogP contribution in [0, 0.1) is 0 Å². The molecule has 0 spiro atoms. The summed E-state index contributed by atoms with van der Waals surface area (Å²) in [5.41, 5.74) is 5.38. The molecule has 0 rings (SSSR count). The van der Waals surface area contributed by atoms with Crippen molar-refractivity contribution >= 4 is 19.8 Å². The van der Waals surface area contributed by atoms with Crippen LogP contribution in [0.4, 0.5) is 0 Å². The number of ether oxygens (including phenoxy) is 2. The number of carbonyl (C=O) groups excluding carboxylic acids is 1. The number of nitrogens with two attached hydrogens (primary N) is 1. The fourth-order valence-corrected chi connectivity index (χ4v) is 9.15. The Morgan fingerprint density at radius 2 is 0.719 bits per heavy atom. The van der Waals surface area contributed by atoms with Gasteiger partial charge in [0.2, 0.25) is 0 Å². The molecule has 0 heterocycles. The molecule has 0 radical (unpaired) electrons. The van der Waals surface area contributed by atoms with Gasteiger partial charge >= 0.3 is 19.8 Å². The van der Waals surface area contributed by atoms with Crippen LogP contribution in [0.1, 0.15) is 290 Å². The van der Waals surface area contributed by atoms with Crippen LogP contribution in [0.3, 0.4) is 0 Å². The third kappa shape index (κ3) is 48.9. The van der Waals surface area contributed by atoms with E-state index in [0.717, 1.165) is 38.5 Å². The quantitative estimate of drug-likeness (QED) is 0.0305. The Balaban J connectivity index is 4.03. The van der Waals surface area contributed by atoms with Gasteiger partial charge in [-0.2, -0.15) is 0 Å². The minimum absolute atomic E-state index is 0.0267. The second-order valence-corrected chi connectivity index (χ2v) is 20.5. The van der Waals surface area contributed by atoms with Crippen LogP contribution < -0.4 is 5.73 Å². The Bertz CT molecular complexity index is 1030. The third-order valence-corrected chi connectivity index (χ3v) is 13.6. The van der Waals surface area contributed by atoms with E-state index in [2.05, 4.69) is 13.8 Å².